The van der Waals surface area contributed by atoms with E-state index in [9.17, 15) is 10.2 Å². The van der Waals surface area contributed by atoms with E-state index in [1.165, 1.54) is 0 Å². The molecular weight excluding hydrogens is 176 g/mol. The normalized spacial score (nSPS) is 64.4. The van der Waals surface area contributed by atoms with Gasteiger partial charge in [-0.15, -0.1) is 0 Å². The molecule has 5 nitrogen and oxygen atoms in total. The largest absolute Gasteiger partial charge is 0.388 e. The number of hydrogen-bond donors (Lipinski definition) is 2. The first-order chi connectivity index (χ1) is 6.18. The van der Waals surface area contributed by atoms with Gasteiger partial charge >= 0.3 is 0 Å². The molecule has 0 aromatic carbocycles. The van der Waals surface area contributed by atoms with Gasteiger partial charge in [0.25, 0.3) is 6.48 Å². The maximum Gasteiger partial charge on any atom is 0.272 e. The highest BCUT2D eigenvalue weighted by Gasteiger charge is 2.59. The Bertz CT molecular complexity index is 183. The molecule has 0 radical (unpaired) electrons. The van der Waals surface area contributed by atoms with Crippen LogP contribution in [0, 0.1) is 5.92 Å². The molecule has 2 N–H and O–H groups in total. The Morgan fingerprint density at radius 3 is 1.85 bits per heavy atom. The monoisotopic (exact) mass is 188 g/mol. The minimum absolute atomic E-state index is 0.0152. The lowest BCUT2D eigenvalue weighted by molar-refractivity contribution is -0.475. The summed E-state index contributed by atoms with van der Waals surface area (Å²) >= 11 is 0. The molecule has 4 fully saturated rings. The van der Waals surface area contributed by atoms with E-state index in [1.54, 1.807) is 0 Å². The third-order valence-electron chi connectivity index (χ3n) is 3.19. The van der Waals surface area contributed by atoms with Gasteiger partial charge in [-0.1, -0.05) is 6.92 Å². The fraction of sp³-hybridized carbons (Fsp3) is 1.00. The maximum absolute atomic E-state index is 9.70. The van der Waals surface area contributed by atoms with Crippen molar-refractivity contribution < 1.29 is 24.4 Å². The lowest BCUT2D eigenvalue weighted by Gasteiger charge is -2.56. The molecule has 6 unspecified atom stereocenters. The van der Waals surface area contributed by atoms with Gasteiger partial charge in [-0.2, -0.15) is 0 Å². The second-order valence-electron chi connectivity index (χ2n) is 3.93. The molecule has 0 aromatic heterocycles. The summed E-state index contributed by atoms with van der Waals surface area (Å²) in [6.07, 6.45) is -2.53. The average Bonchev–Trinajstić information content (AvgIpc) is 2.12. The lowest BCUT2D eigenvalue weighted by Crippen LogP contribution is -2.72. The predicted octanol–water partition coefficient (Wildman–Crippen LogP) is -1.18. The molecule has 3 saturated heterocycles. The van der Waals surface area contributed by atoms with Crippen molar-refractivity contribution in [3.05, 3.63) is 0 Å². The number of aliphatic hydroxyl groups excluding tert-OH is 2. The van der Waals surface area contributed by atoms with Gasteiger partial charge in [-0.05, 0) is 0 Å². The first-order valence-corrected chi connectivity index (χ1v) is 4.51. The van der Waals surface area contributed by atoms with E-state index in [1.807, 2.05) is 6.92 Å². The summed E-state index contributed by atoms with van der Waals surface area (Å²) in [4.78, 5) is 0. The smallest absolute Gasteiger partial charge is 0.272 e. The van der Waals surface area contributed by atoms with Crippen molar-refractivity contribution in [1.82, 2.24) is 0 Å². The van der Waals surface area contributed by atoms with Crippen molar-refractivity contribution in [2.75, 3.05) is 0 Å². The molecule has 13 heavy (non-hydrogen) atoms. The lowest BCUT2D eigenvalue weighted by atomic mass is 9.78. The van der Waals surface area contributed by atoms with E-state index in [0.717, 1.165) is 0 Å². The fourth-order valence-corrected chi connectivity index (χ4v) is 2.44. The van der Waals surface area contributed by atoms with Crippen LogP contribution in [0.5, 0.6) is 0 Å². The van der Waals surface area contributed by atoms with E-state index in [2.05, 4.69) is 0 Å². The third-order valence-corrected chi connectivity index (χ3v) is 3.19. The summed E-state index contributed by atoms with van der Waals surface area (Å²) in [5.41, 5.74) is 0. The quantitative estimate of drug-likeness (QED) is 0.501. The molecule has 1 aliphatic carbocycles. The first-order valence-electron chi connectivity index (χ1n) is 4.51. The Hall–Kier alpha value is -0.200. The Morgan fingerprint density at radius 2 is 1.31 bits per heavy atom. The summed E-state index contributed by atoms with van der Waals surface area (Å²) in [7, 11) is 0. The summed E-state index contributed by atoms with van der Waals surface area (Å²) in [5.74, 6) is 0.0152. The zero-order valence-corrected chi connectivity index (χ0v) is 7.16. The zero-order valence-electron chi connectivity index (χ0n) is 7.16. The molecule has 0 aromatic rings. The first kappa shape index (κ1) is 8.14. The van der Waals surface area contributed by atoms with Crippen molar-refractivity contribution in [2.24, 2.45) is 5.92 Å². The number of aliphatic hydroxyl groups is 2. The second-order valence-corrected chi connectivity index (χ2v) is 3.93. The molecule has 3 aliphatic heterocycles. The van der Waals surface area contributed by atoms with Crippen LogP contribution < -0.4 is 0 Å². The van der Waals surface area contributed by atoms with Crippen LogP contribution >= 0.6 is 0 Å². The molecule has 4 bridgehead atoms. The van der Waals surface area contributed by atoms with Crippen LogP contribution in [0.3, 0.4) is 0 Å². The molecular formula is C8H12O5. The SMILES string of the molecule is CC1C2OC3OC(C2O)C(O)[C@@H]1O3. The molecule has 0 spiro atoms. The standard InChI is InChI=1S/C8H12O5/c1-2-5-3(9)7-4(10)6(2)12-8(11-5)13-7/h2-10H,1H3/t2?,3?,4?,5-,6?,7?,8?/m1/s1. The van der Waals surface area contributed by atoms with Crippen LogP contribution in [-0.4, -0.2) is 47.2 Å². The molecule has 4 aliphatic rings. The highest BCUT2D eigenvalue weighted by atomic mass is 16.9. The molecule has 0 amide bonds. The number of ether oxygens (including phenoxy) is 3. The summed E-state index contributed by atoms with van der Waals surface area (Å²) in [5, 5.41) is 19.4. The molecule has 7 atom stereocenters. The van der Waals surface area contributed by atoms with Crippen LogP contribution in [0.25, 0.3) is 0 Å². The third kappa shape index (κ3) is 0.884. The van der Waals surface area contributed by atoms with Gasteiger partial charge in [0.15, 0.2) is 0 Å². The van der Waals surface area contributed by atoms with Gasteiger partial charge in [0.05, 0.1) is 12.2 Å². The van der Waals surface area contributed by atoms with Crippen LogP contribution in [0.15, 0.2) is 0 Å². The molecule has 1 saturated carbocycles. The Morgan fingerprint density at radius 1 is 0.846 bits per heavy atom. The highest BCUT2D eigenvalue weighted by molar-refractivity contribution is 5.03. The fourth-order valence-electron chi connectivity index (χ4n) is 2.44. The van der Waals surface area contributed by atoms with E-state index in [4.69, 9.17) is 14.2 Å². The zero-order chi connectivity index (χ0) is 9.16. The van der Waals surface area contributed by atoms with Crippen molar-refractivity contribution in [3.63, 3.8) is 0 Å². The van der Waals surface area contributed by atoms with Crippen molar-refractivity contribution in [3.8, 4) is 0 Å². The number of rotatable bonds is 0. The minimum atomic E-state index is -0.735. The van der Waals surface area contributed by atoms with Crippen molar-refractivity contribution in [1.29, 1.82) is 0 Å². The average molecular weight is 188 g/mol. The highest BCUT2D eigenvalue weighted by Crippen LogP contribution is 2.42. The predicted molar refractivity (Wildman–Crippen MR) is 39.6 cm³/mol. The molecule has 3 heterocycles. The summed E-state index contributed by atoms with van der Waals surface area (Å²) in [6, 6.07) is 0. The van der Waals surface area contributed by atoms with Gasteiger partial charge in [0, 0.05) is 5.92 Å². The minimum Gasteiger partial charge on any atom is -0.388 e. The van der Waals surface area contributed by atoms with Gasteiger partial charge in [0.2, 0.25) is 0 Å². The second kappa shape index (κ2) is 2.43. The van der Waals surface area contributed by atoms with E-state index in [-0.39, 0.29) is 18.1 Å². The molecule has 74 valence electrons. The summed E-state index contributed by atoms with van der Waals surface area (Å²) < 4.78 is 15.7. The van der Waals surface area contributed by atoms with Gasteiger partial charge in [-0.3, -0.25) is 0 Å². The van der Waals surface area contributed by atoms with E-state index < -0.39 is 24.8 Å². The topological polar surface area (TPSA) is 68.2 Å². The maximum atomic E-state index is 9.70. The van der Waals surface area contributed by atoms with E-state index in [0.29, 0.717) is 0 Å². The Balaban J connectivity index is 1.97. The molecule has 4 rings (SSSR count). The molecule has 5 heteroatoms. The van der Waals surface area contributed by atoms with Gasteiger partial charge < -0.3 is 24.4 Å². The van der Waals surface area contributed by atoms with Crippen molar-refractivity contribution in [2.45, 2.75) is 43.9 Å². The van der Waals surface area contributed by atoms with Gasteiger partial charge in [-0.25, -0.2) is 0 Å². The Labute approximate surface area is 75.2 Å². The van der Waals surface area contributed by atoms with E-state index >= 15 is 0 Å². The van der Waals surface area contributed by atoms with Crippen LogP contribution in [0.4, 0.5) is 0 Å². The van der Waals surface area contributed by atoms with Crippen LogP contribution in [-0.2, 0) is 14.2 Å². The summed E-state index contributed by atoms with van der Waals surface area (Å²) in [6.45, 7) is 1.21. The Kier molecular flexibility index (Phi) is 1.52. The van der Waals surface area contributed by atoms with Crippen LogP contribution in [0.1, 0.15) is 6.92 Å². The van der Waals surface area contributed by atoms with Crippen LogP contribution in [0.2, 0.25) is 0 Å². The van der Waals surface area contributed by atoms with Crippen molar-refractivity contribution >= 4 is 0 Å². The van der Waals surface area contributed by atoms with Gasteiger partial charge in [0.1, 0.15) is 18.3 Å². The number of hydrogen-bond acceptors (Lipinski definition) is 5.